The van der Waals surface area contributed by atoms with Crippen LogP contribution in [0.2, 0.25) is 0 Å². The number of hydrogen-bond acceptors (Lipinski definition) is 0. The molecule has 0 aromatic heterocycles. The smallest absolute Gasteiger partial charge is 0.00118 e. The number of aryl methyl sites for hydroxylation is 1. The number of benzene rings is 1. The lowest BCUT2D eigenvalue weighted by molar-refractivity contribution is 1.05. The van der Waals surface area contributed by atoms with Crippen LogP contribution in [0.5, 0.6) is 0 Å². The third kappa shape index (κ3) is 2.00. The molecule has 0 bridgehead atoms. The van der Waals surface area contributed by atoms with E-state index in [1.165, 1.54) is 29.9 Å². The molecule has 75 valence electrons. The Morgan fingerprint density at radius 3 is 2.43 bits per heavy atom. The van der Waals surface area contributed by atoms with Crippen LogP contribution in [0.4, 0.5) is 0 Å². The van der Waals surface area contributed by atoms with Crippen LogP contribution in [-0.4, -0.2) is 0 Å². The molecule has 0 N–H and O–H groups in total. The molecule has 1 aliphatic rings. The molecule has 0 heteroatoms. The average molecular weight is 187 g/mol. The summed E-state index contributed by atoms with van der Waals surface area (Å²) < 4.78 is 0. The zero-order chi connectivity index (χ0) is 10.1. The van der Waals surface area contributed by atoms with Gasteiger partial charge in [0, 0.05) is 0 Å². The van der Waals surface area contributed by atoms with Crippen LogP contribution in [0.3, 0.4) is 0 Å². The number of hydrogen-bond donors (Lipinski definition) is 0. The van der Waals surface area contributed by atoms with E-state index in [-0.39, 0.29) is 0 Å². The molecule has 1 radical (unpaired) electrons. The minimum Gasteiger partial charge on any atom is -0.0613 e. The summed E-state index contributed by atoms with van der Waals surface area (Å²) in [4.78, 5) is 0. The van der Waals surface area contributed by atoms with Crippen LogP contribution in [0.25, 0.3) is 0 Å². The summed E-state index contributed by atoms with van der Waals surface area (Å²) in [5.74, 6) is 2.31. The van der Waals surface area contributed by atoms with E-state index in [9.17, 15) is 0 Å². The van der Waals surface area contributed by atoms with Gasteiger partial charge in [-0.1, -0.05) is 39.0 Å². The van der Waals surface area contributed by atoms with Crippen LogP contribution in [0.1, 0.15) is 56.2 Å². The van der Waals surface area contributed by atoms with Gasteiger partial charge in [0.1, 0.15) is 0 Å². The third-order valence-corrected chi connectivity index (χ3v) is 3.05. The highest BCUT2D eigenvalue weighted by atomic mass is 14.3. The summed E-state index contributed by atoms with van der Waals surface area (Å²) in [6.07, 6.45) is 3.95. The van der Waals surface area contributed by atoms with E-state index < -0.39 is 0 Å². The molecular weight excluding hydrogens is 168 g/mol. The second-order valence-electron chi connectivity index (χ2n) is 4.59. The molecule has 0 heterocycles. The first-order chi connectivity index (χ1) is 6.70. The average Bonchev–Trinajstić information content (AvgIpc) is 3.00. The predicted molar refractivity (Wildman–Crippen MR) is 61.5 cm³/mol. The summed E-state index contributed by atoms with van der Waals surface area (Å²) >= 11 is 0. The maximum Gasteiger partial charge on any atom is -0.00118 e. The summed E-state index contributed by atoms with van der Waals surface area (Å²) in [5.41, 5.74) is 4.50. The Labute approximate surface area is 87.3 Å². The van der Waals surface area contributed by atoms with E-state index in [4.69, 9.17) is 0 Å². The first kappa shape index (κ1) is 9.76. The molecule has 0 nitrogen and oxygen atoms in total. The highest BCUT2D eigenvalue weighted by molar-refractivity contribution is 5.39. The van der Waals surface area contributed by atoms with Crippen LogP contribution < -0.4 is 0 Å². The fraction of sp³-hybridized carbons (Fsp3) is 0.500. The van der Waals surface area contributed by atoms with Gasteiger partial charge < -0.3 is 0 Å². The van der Waals surface area contributed by atoms with Crippen molar-refractivity contribution in [2.45, 2.75) is 46.0 Å². The second-order valence-corrected chi connectivity index (χ2v) is 4.59. The molecule has 0 unspecified atom stereocenters. The molecule has 0 atom stereocenters. The first-order valence-corrected chi connectivity index (χ1v) is 5.65. The van der Waals surface area contributed by atoms with Gasteiger partial charge in [-0.2, -0.15) is 0 Å². The minimum atomic E-state index is 0.875. The molecule has 1 fully saturated rings. The Morgan fingerprint density at radius 1 is 1.21 bits per heavy atom. The van der Waals surface area contributed by atoms with E-state index in [1.807, 2.05) is 0 Å². The third-order valence-electron chi connectivity index (χ3n) is 3.05. The lowest BCUT2D eigenvalue weighted by Crippen LogP contribution is -1.94. The molecule has 0 saturated heterocycles. The van der Waals surface area contributed by atoms with Crippen molar-refractivity contribution in [1.29, 1.82) is 0 Å². The maximum absolute atomic E-state index is 2.39. The molecular formula is C14H19. The fourth-order valence-corrected chi connectivity index (χ4v) is 1.86. The standard InChI is InChI=1S/C14H19/c1-4-11-7-13(10(2)3)9-14(8-11)12-5-6-12/h7-9,12H,4-6H2,1-3H3. The van der Waals surface area contributed by atoms with Crippen molar-refractivity contribution in [1.82, 2.24) is 0 Å². The zero-order valence-electron chi connectivity index (χ0n) is 9.43. The SMILES string of the molecule is CCc1cc([C](C)C)cc(C2CC2)c1. The molecule has 2 rings (SSSR count). The normalized spacial score (nSPS) is 16.3. The van der Waals surface area contributed by atoms with Gasteiger partial charge in [0.05, 0.1) is 0 Å². The molecule has 1 aliphatic carbocycles. The van der Waals surface area contributed by atoms with E-state index >= 15 is 0 Å². The topological polar surface area (TPSA) is 0 Å². The quantitative estimate of drug-likeness (QED) is 0.668. The van der Waals surface area contributed by atoms with Gasteiger partial charge >= 0.3 is 0 Å². The van der Waals surface area contributed by atoms with Crippen molar-refractivity contribution in [3.63, 3.8) is 0 Å². The molecule has 0 aliphatic heterocycles. The van der Waals surface area contributed by atoms with Crippen LogP contribution in [0, 0.1) is 5.92 Å². The molecule has 14 heavy (non-hydrogen) atoms. The Morgan fingerprint density at radius 2 is 1.93 bits per heavy atom. The van der Waals surface area contributed by atoms with E-state index in [0.717, 1.165) is 12.3 Å². The van der Waals surface area contributed by atoms with Gasteiger partial charge in [0.2, 0.25) is 0 Å². The maximum atomic E-state index is 2.39. The summed E-state index contributed by atoms with van der Waals surface area (Å²) in [6, 6.07) is 7.11. The van der Waals surface area contributed by atoms with Crippen molar-refractivity contribution in [2.24, 2.45) is 0 Å². The van der Waals surface area contributed by atoms with Gasteiger partial charge in [-0.25, -0.2) is 0 Å². The lowest BCUT2D eigenvalue weighted by atomic mass is 9.95. The van der Waals surface area contributed by atoms with Crippen molar-refractivity contribution < 1.29 is 0 Å². The van der Waals surface area contributed by atoms with E-state index in [1.54, 1.807) is 5.56 Å². The second kappa shape index (κ2) is 3.76. The Kier molecular flexibility index (Phi) is 2.62. The fourth-order valence-electron chi connectivity index (χ4n) is 1.86. The number of rotatable bonds is 3. The molecule has 0 spiro atoms. The summed E-state index contributed by atoms with van der Waals surface area (Å²) in [5, 5.41) is 0. The van der Waals surface area contributed by atoms with E-state index in [2.05, 4.69) is 39.0 Å². The Balaban J connectivity index is 2.35. The monoisotopic (exact) mass is 187 g/mol. The Hall–Kier alpha value is -0.780. The largest absolute Gasteiger partial charge is 0.0613 e. The van der Waals surface area contributed by atoms with Crippen molar-refractivity contribution in [3.8, 4) is 0 Å². The van der Waals surface area contributed by atoms with Crippen LogP contribution in [0.15, 0.2) is 18.2 Å². The Bertz CT molecular complexity index is 299. The molecule has 1 aromatic carbocycles. The van der Waals surface area contributed by atoms with Gasteiger partial charge in [-0.3, -0.25) is 0 Å². The lowest BCUT2D eigenvalue weighted by Gasteiger charge is -2.10. The van der Waals surface area contributed by atoms with Crippen LogP contribution in [-0.2, 0) is 6.42 Å². The summed E-state index contributed by atoms with van der Waals surface area (Å²) in [6.45, 7) is 6.64. The van der Waals surface area contributed by atoms with E-state index in [0.29, 0.717) is 0 Å². The summed E-state index contributed by atoms with van der Waals surface area (Å²) in [7, 11) is 0. The van der Waals surface area contributed by atoms with Crippen LogP contribution >= 0.6 is 0 Å². The molecule has 1 aromatic rings. The van der Waals surface area contributed by atoms with Gasteiger partial charge in [0.15, 0.2) is 0 Å². The first-order valence-electron chi connectivity index (χ1n) is 5.65. The highest BCUT2D eigenvalue weighted by Crippen LogP contribution is 2.41. The van der Waals surface area contributed by atoms with Gasteiger partial charge in [-0.05, 0) is 47.8 Å². The van der Waals surface area contributed by atoms with Gasteiger partial charge in [0.25, 0.3) is 0 Å². The highest BCUT2D eigenvalue weighted by Gasteiger charge is 2.24. The van der Waals surface area contributed by atoms with Crippen molar-refractivity contribution in [3.05, 3.63) is 40.8 Å². The van der Waals surface area contributed by atoms with Gasteiger partial charge in [-0.15, -0.1) is 0 Å². The van der Waals surface area contributed by atoms with Crippen molar-refractivity contribution >= 4 is 0 Å². The predicted octanol–water partition coefficient (Wildman–Crippen LogP) is 4.09. The minimum absolute atomic E-state index is 0.875. The molecule has 1 saturated carbocycles. The molecule has 0 amide bonds. The zero-order valence-corrected chi connectivity index (χ0v) is 9.43. The van der Waals surface area contributed by atoms with Crippen molar-refractivity contribution in [2.75, 3.05) is 0 Å².